The van der Waals surface area contributed by atoms with Gasteiger partial charge in [0.2, 0.25) is 0 Å². The van der Waals surface area contributed by atoms with Crippen LogP contribution in [0.2, 0.25) is 0 Å². The predicted octanol–water partition coefficient (Wildman–Crippen LogP) is 4.65. The Kier molecular flexibility index (Phi) is 6.53. The van der Waals surface area contributed by atoms with Crippen LogP contribution in [-0.4, -0.2) is 26.1 Å². The summed E-state index contributed by atoms with van der Waals surface area (Å²) in [5.74, 6) is 0. The molecule has 31 heavy (non-hydrogen) atoms. The van der Waals surface area contributed by atoms with E-state index >= 15 is 0 Å². The lowest BCUT2D eigenvalue weighted by atomic mass is 10.1. The maximum Gasteiger partial charge on any atom is 0.0951 e. The molecule has 0 aliphatic rings. The van der Waals surface area contributed by atoms with Crippen molar-refractivity contribution in [3.8, 4) is 11.4 Å². The minimum atomic E-state index is 0.793. The lowest BCUT2D eigenvalue weighted by Crippen LogP contribution is -2.18. The molecule has 3 aromatic heterocycles. The van der Waals surface area contributed by atoms with Crippen molar-refractivity contribution in [3.05, 3.63) is 101 Å². The maximum absolute atomic E-state index is 4.66. The van der Waals surface area contributed by atoms with Gasteiger partial charge in [-0.05, 0) is 49.1 Å². The Bertz CT molecular complexity index is 1130. The number of rotatable bonds is 8. The van der Waals surface area contributed by atoms with E-state index in [0.717, 1.165) is 48.6 Å². The molecule has 4 aromatic rings. The van der Waals surface area contributed by atoms with E-state index in [9.17, 15) is 0 Å². The summed E-state index contributed by atoms with van der Waals surface area (Å²) in [6, 6.07) is 15.0. The molecule has 0 unspecified atom stereocenters. The number of nitrogens with one attached hydrogen (secondary N) is 1. The quantitative estimate of drug-likeness (QED) is 0.429. The van der Waals surface area contributed by atoms with E-state index in [2.05, 4.69) is 75.1 Å². The summed E-state index contributed by atoms with van der Waals surface area (Å²) < 4.78 is 2.22. The highest BCUT2D eigenvalue weighted by Gasteiger charge is 2.07. The van der Waals surface area contributed by atoms with E-state index < -0.39 is 0 Å². The summed E-state index contributed by atoms with van der Waals surface area (Å²) in [6.07, 6.45) is 8.64. The zero-order valence-corrected chi connectivity index (χ0v) is 18.5. The van der Waals surface area contributed by atoms with Crippen LogP contribution >= 0.6 is 0 Å². The Hall–Kier alpha value is -3.31. The molecule has 5 heteroatoms. The van der Waals surface area contributed by atoms with Crippen LogP contribution in [0.25, 0.3) is 11.4 Å². The summed E-state index contributed by atoms with van der Waals surface area (Å²) >= 11 is 0. The molecule has 3 heterocycles. The highest BCUT2D eigenvalue weighted by molar-refractivity contribution is 5.58. The van der Waals surface area contributed by atoms with Crippen molar-refractivity contribution in [2.45, 2.75) is 40.3 Å². The van der Waals surface area contributed by atoms with Crippen molar-refractivity contribution >= 4 is 0 Å². The second-order valence-corrected chi connectivity index (χ2v) is 8.16. The molecule has 0 saturated heterocycles. The van der Waals surface area contributed by atoms with E-state index in [4.69, 9.17) is 0 Å². The zero-order valence-electron chi connectivity index (χ0n) is 18.5. The van der Waals surface area contributed by atoms with Gasteiger partial charge >= 0.3 is 0 Å². The van der Waals surface area contributed by atoms with Crippen LogP contribution in [0, 0.1) is 20.8 Å². The highest BCUT2D eigenvalue weighted by Crippen LogP contribution is 2.19. The standard InChI is InChI=1S/C26H29N5/c1-19-4-7-22(8-5-19)17-31-18-28-16-24(31)10-11-27-14-23-12-21(3)26(30-15-23)25-9-6-20(2)13-29-25/h4-9,12-13,15-16,18,27H,10-11,14,17H2,1-3H3. The Labute approximate surface area is 184 Å². The predicted molar refractivity (Wildman–Crippen MR) is 125 cm³/mol. The van der Waals surface area contributed by atoms with Crippen LogP contribution in [0.4, 0.5) is 0 Å². The number of pyridine rings is 2. The first-order valence-electron chi connectivity index (χ1n) is 10.7. The Balaban J connectivity index is 1.30. The average molecular weight is 412 g/mol. The molecule has 4 rings (SSSR count). The zero-order chi connectivity index (χ0) is 21.6. The van der Waals surface area contributed by atoms with Crippen molar-refractivity contribution < 1.29 is 0 Å². The minimum Gasteiger partial charge on any atom is -0.330 e. The average Bonchev–Trinajstić information content (AvgIpc) is 3.21. The van der Waals surface area contributed by atoms with Gasteiger partial charge in [-0.25, -0.2) is 4.98 Å². The third-order valence-corrected chi connectivity index (χ3v) is 5.45. The van der Waals surface area contributed by atoms with Crippen LogP contribution in [-0.2, 0) is 19.5 Å². The van der Waals surface area contributed by atoms with E-state index in [1.165, 1.54) is 22.4 Å². The minimum absolute atomic E-state index is 0.793. The molecule has 1 aromatic carbocycles. The molecule has 0 atom stereocenters. The van der Waals surface area contributed by atoms with Crippen LogP contribution in [0.3, 0.4) is 0 Å². The molecule has 5 nitrogen and oxygen atoms in total. The summed E-state index contributed by atoms with van der Waals surface area (Å²) in [4.78, 5) is 13.5. The first kappa shape index (κ1) is 20.9. The SMILES string of the molecule is Cc1ccc(Cn2cncc2CCNCc2cnc(-c3ccc(C)cn3)c(C)c2)cc1. The number of hydrogen-bond acceptors (Lipinski definition) is 4. The van der Waals surface area contributed by atoms with Crippen LogP contribution in [0.5, 0.6) is 0 Å². The topological polar surface area (TPSA) is 55.6 Å². The maximum atomic E-state index is 4.66. The number of imidazole rings is 1. The van der Waals surface area contributed by atoms with Gasteiger partial charge in [-0.1, -0.05) is 42.0 Å². The summed E-state index contributed by atoms with van der Waals surface area (Å²) in [5.41, 5.74) is 9.17. The molecule has 0 amide bonds. The molecule has 0 fully saturated rings. The number of nitrogens with zero attached hydrogens (tertiary/aromatic N) is 4. The van der Waals surface area contributed by atoms with Crippen LogP contribution in [0.1, 0.15) is 33.5 Å². The van der Waals surface area contributed by atoms with E-state index in [1.54, 1.807) is 0 Å². The second-order valence-electron chi connectivity index (χ2n) is 8.16. The third-order valence-electron chi connectivity index (χ3n) is 5.45. The normalized spacial score (nSPS) is 11.1. The first-order chi connectivity index (χ1) is 15.1. The van der Waals surface area contributed by atoms with Crippen LogP contribution < -0.4 is 5.32 Å². The van der Waals surface area contributed by atoms with Crippen LogP contribution in [0.15, 0.2) is 67.4 Å². The van der Waals surface area contributed by atoms with Crippen molar-refractivity contribution in [2.24, 2.45) is 0 Å². The molecule has 0 spiro atoms. The van der Waals surface area contributed by atoms with Gasteiger partial charge in [-0.3, -0.25) is 9.97 Å². The van der Waals surface area contributed by atoms with Gasteiger partial charge in [0.1, 0.15) is 0 Å². The fourth-order valence-corrected chi connectivity index (χ4v) is 3.64. The van der Waals surface area contributed by atoms with Crippen molar-refractivity contribution in [3.63, 3.8) is 0 Å². The Morgan fingerprint density at radius 2 is 1.65 bits per heavy atom. The van der Waals surface area contributed by atoms with Gasteiger partial charge in [0.15, 0.2) is 0 Å². The molecule has 1 N–H and O–H groups in total. The molecular formula is C26H29N5. The highest BCUT2D eigenvalue weighted by atomic mass is 15.0. The molecule has 0 radical (unpaired) electrons. The number of benzene rings is 1. The van der Waals surface area contributed by atoms with E-state index in [0.29, 0.717) is 0 Å². The fraction of sp³-hybridized carbons (Fsp3) is 0.269. The van der Waals surface area contributed by atoms with Gasteiger partial charge in [-0.15, -0.1) is 0 Å². The molecule has 0 aliphatic carbocycles. The van der Waals surface area contributed by atoms with E-state index in [1.807, 2.05) is 37.9 Å². The number of aryl methyl sites for hydroxylation is 3. The lowest BCUT2D eigenvalue weighted by Gasteiger charge is -2.11. The molecule has 0 saturated carbocycles. The smallest absolute Gasteiger partial charge is 0.0951 e. The van der Waals surface area contributed by atoms with Gasteiger partial charge in [0.25, 0.3) is 0 Å². The second kappa shape index (κ2) is 9.67. The molecular weight excluding hydrogens is 382 g/mol. The summed E-state index contributed by atoms with van der Waals surface area (Å²) in [5, 5.41) is 3.54. The third kappa shape index (κ3) is 5.44. The van der Waals surface area contributed by atoms with E-state index in [-0.39, 0.29) is 0 Å². The fourth-order valence-electron chi connectivity index (χ4n) is 3.64. The largest absolute Gasteiger partial charge is 0.330 e. The molecule has 158 valence electrons. The van der Waals surface area contributed by atoms with Gasteiger partial charge < -0.3 is 9.88 Å². The Morgan fingerprint density at radius 1 is 0.839 bits per heavy atom. The first-order valence-corrected chi connectivity index (χ1v) is 10.7. The number of aromatic nitrogens is 4. The van der Waals surface area contributed by atoms with Crippen molar-refractivity contribution in [1.82, 2.24) is 24.8 Å². The lowest BCUT2D eigenvalue weighted by molar-refractivity contribution is 0.651. The monoisotopic (exact) mass is 411 g/mol. The Morgan fingerprint density at radius 3 is 2.39 bits per heavy atom. The van der Waals surface area contributed by atoms with Crippen molar-refractivity contribution in [1.29, 1.82) is 0 Å². The molecule has 0 bridgehead atoms. The van der Waals surface area contributed by atoms with Crippen molar-refractivity contribution in [2.75, 3.05) is 6.54 Å². The van der Waals surface area contributed by atoms with Gasteiger partial charge in [0, 0.05) is 50.3 Å². The van der Waals surface area contributed by atoms with Gasteiger partial charge in [0.05, 0.1) is 17.7 Å². The summed E-state index contributed by atoms with van der Waals surface area (Å²) in [7, 11) is 0. The van der Waals surface area contributed by atoms with Gasteiger partial charge in [-0.2, -0.15) is 0 Å². The number of hydrogen-bond donors (Lipinski definition) is 1. The molecule has 0 aliphatic heterocycles. The summed E-state index contributed by atoms with van der Waals surface area (Å²) in [6.45, 7) is 8.79.